The molecule has 1 atom stereocenters. The monoisotopic (exact) mass is 349 g/mol. The van der Waals surface area contributed by atoms with Gasteiger partial charge in [-0.1, -0.05) is 19.1 Å². The Kier molecular flexibility index (Phi) is 4.24. The molecule has 5 heteroatoms. The third kappa shape index (κ3) is 2.78. The average molecular weight is 349 g/mol. The number of carbonyl (C=O) groups excluding carboxylic acids is 1. The Labute approximate surface area is 153 Å². The van der Waals surface area contributed by atoms with E-state index < -0.39 is 0 Å². The van der Waals surface area contributed by atoms with Gasteiger partial charge in [-0.25, -0.2) is 0 Å². The smallest absolute Gasteiger partial charge is 0.237 e. The number of nitrogens with zero attached hydrogens (tertiary/aromatic N) is 2. The molecule has 4 rings (SSSR count). The Morgan fingerprint density at radius 3 is 2.85 bits per heavy atom. The van der Waals surface area contributed by atoms with Crippen LogP contribution in [0.25, 0.3) is 10.8 Å². The Morgan fingerprint density at radius 1 is 1.23 bits per heavy atom. The predicted octanol–water partition coefficient (Wildman–Crippen LogP) is 3.37. The molecule has 2 aromatic carbocycles. The van der Waals surface area contributed by atoms with Crippen molar-refractivity contribution in [2.24, 2.45) is 4.99 Å². The van der Waals surface area contributed by atoms with Crippen LogP contribution in [0.5, 0.6) is 5.75 Å². The second-order valence-corrected chi connectivity index (χ2v) is 6.99. The van der Waals surface area contributed by atoms with E-state index in [1.54, 1.807) is 6.20 Å². The summed E-state index contributed by atoms with van der Waals surface area (Å²) in [7, 11) is 4.05. The molecule has 1 N–H and O–H groups in total. The van der Waals surface area contributed by atoms with Gasteiger partial charge in [-0.3, -0.25) is 9.79 Å². The van der Waals surface area contributed by atoms with Crippen LogP contribution in [-0.4, -0.2) is 43.8 Å². The number of ether oxygens (including phenoxy) is 1. The lowest BCUT2D eigenvalue weighted by Crippen LogP contribution is -2.35. The first kappa shape index (κ1) is 16.8. The largest absolute Gasteiger partial charge is 0.492 e. The predicted molar refractivity (Wildman–Crippen MR) is 104 cm³/mol. The Bertz CT molecular complexity index is 944. The summed E-state index contributed by atoms with van der Waals surface area (Å²) in [6.07, 6.45) is 2.65. The summed E-state index contributed by atoms with van der Waals surface area (Å²) in [4.78, 5) is 19.4. The van der Waals surface area contributed by atoms with Crippen molar-refractivity contribution in [2.75, 3.05) is 27.2 Å². The summed E-state index contributed by atoms with van der Waals surface area (Å²) in [6.45, 7) is 3.60. The summed E-state index contributed by atoms with van der Waals surface area (Å²) >= 11 is 0. The number of aliphatic imine (C=N–C) groups is 1. The number of fused-ring (bicyclic) bond motifs is 5. The number of carbonyl (C=O) groups is 1. The maximum absolute atomic E-state index is 12.5. The first-order valence-corrected chi connectivity index (χ1v) is 9.01. The standard InChI is InChI=1S/C21H23N3O2/c1-4-13-12-22-21(25)19-18-16-7-6-15(26-10-9-24(2)3)11-14(16)5-8-17(18)23-20(13)19/h5-8,11-12,19H,4,9-10H2,1-3H3,(H,22,25). The lowest BCUT2D eigenvalue weighted by atomic mass is 9.85. The zero-order chi connectivity index (χ0) is 18.3. The third-order valence-electron chi connectivity index (χ3n) is 4.98. The van der Waals surface area contributed by atoms with Crippen molar-refractivity contribution in [1.29, 1.82) is 0 Å². The van der Waals surface area contributed by atoms with Gasteiger partial charge in [-0.15, -0.1) is 0 Å². The highest BCUT2D eigenvalue weighted by atomic mass is 16.5. The van der Waals surface area contributed by atoms with E-state index in [0.717, 1.165) is 52.0 Å². The Hall–Kier alpha value is -2.66. The molecular weight excluding hydrogens is 326 g/mol. The van der Waals surface area contributed by atoms with Crippen LogP contribution < -0.4 is 10.1 Å². The third-order valence-corrected chi connectivity index (χ3v) is 4.98. The average Bonchev–Trinajstić information content (AvgIpc) is 3.02. The lowest BCUT2D eigenvalue weighted by molar-refractivity contribution is -0.120. The molecule has 26 heavy (non-hydrogen) atoms. The molecule has 0 bridgehead atoms. The van der Waals surface area contributed by atoms with Crippen LogP contribution in [0.15, 0.2) is 47.1 Å². The fraction of sp³-hybridized carbons (Fsp3) is 0.333. The Morgan fingerprint density at radius 2 is 2.08 bits per heavy atom. The Balaban J connectivity index is 1.71. The quantitative estimate of drug-likeness (QED) is 0.900. The van der Waals surface area contributed by atoms with Crippen LogP contribution in [0.4, 0.5) is 5.69 Å². The minimum absolute atomic E-state index is 0.00138. The molecule has 0 aliphatic carbocycles. The summed E-state index contributed by atoms with van der Waals surface area (Å²) in [6, 6.07) is 10.1. The molecule has 0 saturated carbocycles. The van der Waals surface area contributed by atoms with Gasteiger partial charge in [0.05, 0.1) is 11.4 Å². The molecule has 2 heterocycles. The van der Waals surface area contributed by atoms with E-state index in [0.29, 0.717) is 6.61 Å². The zero-order valence-corrected chi connectivity index (χ0v) is 15.4. The molecule has 0 fully saturated rings. The number of rotatable bonds is 5. The van der Waals surface area contributed by atoms with Crippen LogP contribution in [0.2, 0.25) is 0 Å². The number of nitrogens with one attached hydrogen (secondary N) is 1. The van der Waals surface area contributed by atoms with Crippen LogP contribution in [0.1, 0.15) is 24.8 Å². The molecule has 1 unspecified atom stereocenters. The molecule has 0 saturated heterocycles. The van der Waals surface area contributed by atoms with E-state index in [1.807, 2.05) is 32.3 Å². The first-order valence-electron chi connectivity index (χ1n) is 9.01. The molecule has 2 aliphatic rings. The van der Waals surface area contributed by atoms with E-state index in [9.17, 15) is 4.79 Å². The van der Waals surface area contributed by atoms with Gasteiger partial charge < -0.3 is 15.0 Å². The topological polar surface area (TPSA) is 53.9 Å². The summed E-state index contributed by atoms with van der Waals surface area (Å²) in [5.41, 5.74) is 3.90. The minimum atomic E-state index is -0.311. The number of hydrogen-bond donors (Lipinski definition) is 1. The molecule has 0 radical (unpaired) electrons. The van der Waals surface area contributed by atoms with Crippen molar-refractivity contribution in [3.63, 3.8) is 0 Å². The van der Waals surface area contributed by atoms with Crippen molar-refractivity contribution in [1.82, 2.24) is 10.2 Å². The summed E-state index contributed by atoms with van der Waals surface area (Å²) in [5.74, 6) is 0.536. The van der Waals surface area contributed by atoms with Gasteiger partial charge in [-0.2, -0.15) is 0 Å². The van der Waals surface area contributed by atoms with Gasteiger partial charge in [0.15, 0.2) is 0 Å². The zero-order valence-electron chi connectivity index (χ0n) is 15.4. The lowest BCUT2D eigenvalue weighted by Gasteiger charge is -2.21. The van der Waals surface area contributed by atoms with Gasteiger partial charge in [0.1, 0.15) is 18.3 Å². The SMILES string of the molecule is CCC1=CNC(=O)C2C1=Nc1ccc3cc(OCCN(C)C)ccc3c12. The second-order valence-electron chi connectivity index (χ2n) is 6.99. The van der Waals surface area contributed by atoms with Crippen molar-refractivity contribution in [3.8, 4) is 5.75 Å². The summed E-state index contributed by atoms with van der Waals surface area (Å²) < 4.78 is 5.85. The molecular formula is C21H23N3O2. The van der Waals surface area contributed by atoms with Crippen molar-refractivity contribution in [3.05, 3.63) is 47.7 Å². The van der Waals surface area contributed by atoms with Gasteiger partial charge in [0.2, 0.25) is 5.91 Å². The van der Waals surface area contributed by atoms with Crippen molar-refractivity contribution >= 4 is 28.1 Å². The second kappa shape index (κ2) is 6.57. The molecule has 2 aliphatic heterocycles. The molecule has 2 aromatic rings. The van der Waals surface area contributed by atoms with Gasteiger partial charge >= 0.3 is 0 Å². The summed E-state index contributed by atoms with van der Waals surface area (Å²) in [5, 5.41) is 5.04. The van der Waals surface area contributed by atoms with E-state index in [4.69, 9.17) is 9.73 Å². The van der Waals surface area contributed by atoms with Gasteiger partial charge in [-0.05, 0) is 55.1 Å². The van der Waals surface area contributed by atoms with E-state index in [-0.39, 0.29) is 11.8 Å². The molecule has 0 spiro atoms. The van der Waals surface area contributed by atoms with E-state index in [2.05, 4.69) is 29.3 Å². The maximum Gasteiger partial charge on any atom is 0.237 e. The normalized spacial score (nSPS) is 18.3. The number of allylic oxidation sites excluding steroid dienone is 1. The fourth-order valence-corrected chi connectivity index (χ4v) is 3.60. The fourth-order valence-electron chi connectivity index (χ4n) is 3.60. The van der Waals surface area contributed by atoms with E-state index in [1.165, 1.54) is 0 Å². The highest BCUT2D eigenvalue weighted by Gasteiger charge is 2.38. The van der Waals surface area contributed by atoms with Crippen LogP contribution >= 0.6 is 0 Å². The molecule has 5 nitrogen and oxygen atoms in total. The van der Waals surface area contributed by atoms with Gasteiger partial charge in [0, 0.05) is 18.3 Å². The van der Waals surface area contributed by atoms with Crippen LogP contribution in [0.3, 0.4) is 0 Å². The van der Waals surface area contributed by atoms with Crippen LogP contribution in [0, 0.1) is 0 Å². The first-order chi connectivity index (χ1) is 12.6. The molecule has 1 amide bonds. The van der Waals surface area contributed by atoms with Gasteiger partial charge in [0.25, 0.3) is 0 Å². The highest BCUT2D eigenvalue weighted by Crippen LogP contribution is 2.44. The number of hydrogen-bond acceptors (Lipinski definition) is 4. The number of likely N-dealkylation sites (N-methyl/N-ethyl adjacent to an activating group) is 1. The molecule has 134 valence electrons. The maximum atomic E-state index is 12.5. The minimum Gasteiger partial charge on any atom is -0.492 e. The highest BCUT2D eigenvalue weighted by molar-refractivity contribution is 6.24. The van der Waals surface area contributed by atoms with Crippen LogP contribution in [-0.2, 0) is 4.79 Å². The van der Waals surface area contributed by atoms with E-state index >= 15 is 0 Å². The van der Waals surface area contributed by atoms with Crippen molar-refractivity contribution in [2.45, 2.75) is 19.3 Å². The number of benzene rings is 2. The number of amides is 1. The van der Waals surface area contributed by atoms with Crippen molar-refractivity contribution < 1.29 is 9.53 Å². The molecule has 0 aromatic heterocycles.